The quantitative estimate of drug-likeness (QED) is 0.386. The maximum absolute atomic E-state index is 14.4. The maximum Gasteiger partial charge on any atom is 0.413 e. The number of benzene rings is 1. The van der Waals surface area contributed by atoms with E-state index in [1.54, 1.807) is 0 Å². The van der Waals surface area contributed by atoms with E-state index in [-0.39, 0.29) is 52.4 Å². The van der Waals surface area contributed by atoms with Gasteiger partial charge in [-0.1, -0.05) is 24.3 Å². The van der Waals surface area contributed by atoms with Crippen molar-refractivity contribution in [1.82, 2.24) is 19.5 Å². The molecule has 1 aromatic carbocycles. The third-order valence-electron chi connectivity index (χ3n) is 8.22. The van der Waals surface area contributed by atoms with E-state index in [4.69, 9.17) is 0 Å². The van der Waals surface area contributed by atoms with Crippen molar-refractivity contribution in [1.29, 1.82) is 0 Å². The predicted molar refractivity (Wildman–Crippen MR) is 132 cm³/mol. The molecule has 0 bridgehead atoms. The van der Waals surface area contributed by atoms with E-state index < -0.39 is 63.8 Å². The molecule has 1 fully saturated rings. The van der Waals surface area contributed by atoms with Gasteiger partial charge in [-0.05, 0) is 37.3 Å². The second kappa shape index (κ2) is 9.66. The first-order valence-electron chi connectivity index (χ1n) is 12.7. The molecule has 41 heavy (non-hydrogen) atoms. The smallest absolute Gasteiger partial charge is 0.330 e. The van der Waals surface area contributed by atoms with Crippen LogP contribution in [-0.4, -0.2) is 64.7 Å². The highest BCUT2D eigenvalue weighted by Crippen LogP contribution is 2.56. The Bertz CT molecular complexity index is 1590. The summed E-state index contributed by atoms with van der Waals surface area (Å²) in [6.45, 7) is 0.968. The van der Waals surface area contributed by atoms with Gasteiger partial charge >= 0.3 is 12.4 Å². The molecule has 3 atom stereocenters. The van der Waals surface area contributed by atoms with Crippen molar-refractivity contribution in [2.45, 2.75) is 55.9 Å². The summed E-state index contributed by atoms with van der Waals surface area (Å²) in [5.41, 5.74) is -2.74. The van der Waals surface area contributed by atoms with E-state index >= 15 is 0 Å². The molecule has 0 radical (unpaired) electrons. The summed E-state index contributed by atoms with van der Waals surface area (Å²) in [6, 6.07) is 3.34. The van der Waals surface area contributed by atoms with Crippen LogP contribution in [0.3, 0.4) is 0 Å². The lowest BCUT2D eigenvalue weighted by atomic mass is 9.83. The van der Waals surface area contributed by atoms with Crippen LogP contribution in [0, 0.1) is 11.9 Å². The van der Waals surface area contributed by atoms with Crippen LogP contribution in [0.1, 0.15) is 60.5 Å². The second-order valence-electron chi connectivity index (χ2n) is 10.9. The second-order valence-corrected chi connectivity index (χ2v) is 13.2. The molecule has 0 N–H and O–H groups in total. The lowest BCUT2D eigenvalue weighted by Crippen LogP contribution is -2.44. The average molecular weight is 607 g/mol. The van der Waals surface area contributed by atoms with Gasteiger partial charge in [-0.25, -0.2) is 17.9 Å². The van der Waals surface area contributed by atoms with Crippen molar-refractivity contribution in [2.24, 2.45) is 5.92 Å². The minimum atomic E-state index is -4.89. The number of hydrogen-bond donors (Lipinski definition) is 0. The largest absolute Gasteiger partial charge is 0.413 e. The molecule has 1 aliphatic heterocycles. The maximum atomic E-state index is 14.4. The third kappa shape index (κ3) is 5.06. The van der Waals surface area contributed by atoms with E-state index in [1.165, 1.54) is 18.3 Å². The predicted octanol–water partition coefficient (Wildman–Crippen LogP) is 5.11. The lowest BCUT2D eigenvalue weighted by Gasteiger charge is -2.34. The highest BCUT2D eigenvalue weighted by Gasteiger charge is 2.60. The molecule has 1 saturated heterocycles. The number of aromatic nitrogens is 3. The Labute approximate surface area is 230 Å². The summed E-state index contributed by atoms with van der Waals surface area (Å²) in [4.78, 5) is 17.5. The zero-order valence-electron chi connectivity index (χ0n) is 21.8. The van der Waals surface area contributed by atoms with Gasteiger partial charge in [0.25, 0.3) is 0 Å². The van der Waals surface area contributed by atoms with Crippen molar-refractivity contribution in [3.8, 4) is 0 Å². The van der Waals surface area contributed by atoms with E-state index in [0.29, 0.717) is 4.90 Å². The van der Waals surface area contributed by atoms with Gasteiger partial charge in [0, 0.05) is 36.7 Å². The van der Waals surface area contributed by atoms with Crippen LogP contribution in [0.2, 0.25) is 0 Å². The molecule has 0 unspecified atom stereocenters. The first kappa shape index (κ1) is 29.3. The molecule has 1 aliphatic carbocycles. The van der Waals surface area contributed by atoms with E-state index in [9.17, 15) is 43.9 Å². The molecule has 1 amide bonds. The van der Waals surface area contributed by atoms with Crippen LogP contribution in [0.15, 0.2) is 36.5 Å². The Kier molecular flexibility index (Phi) is 6.90. The van der Waals surface area contributed by atoms with E-state index in [1.807, 2.05) is 0 Å². The Morgan fingerprint density at radius 2 is 1.71 bits per heavy atom. The number of rotatable bonds is 4. The summed E-state index contributed by atoms with van der Waals surface area (Å²) in [5, 5.41) is 3.56. The van der Waals surface area contributed by atoms with Crippen LogP contribution in [0.25, 0.3) is 5.65 Å². The van der Waals surface area contributed by atoms with Crippen LogP contribution < -0.4 is 0 Å². The van der Waals surface area contributed by atoms with E-state index in [0.717, 1.165) is 36.7 Å². The highest BCUT2D eigenvalue weighted by molar-refractivity contribution is 7.91. The Hall–Kier alpha value is -3.23. The number of fused-ring (bicyclic) bond motifs is 3. The minimum absolute atomic E-state index is 0.0739. The Morgan fingerprint density at radius 3 is 2.27 bits per heavy atom. The SMILES string of the molecule is CN(C(=O)C1CCS(=O)(=O)CC1)[C@H](c1ccc([C@H]2C[C@](C)(C(F)(F)F)c3c2cnc2cc(F)nn32)cc1)C(F)(F)F. The lowest BCUT2D eigenvalue weighted by molar-refractivity contribution is -0.190. The summed E-state index contributed by atoms with van der Waals surface area (Å²) >= 11 is 0. The first-order chi connectivity index (χ1) is 18.9. The molecule has 0 spiro atoms. The normalized spacial score (nSPS) is 23.9. The van der Waals surface area contributed by atoms with E-state index in [2.05, 4.69) is 10.1 Å². The zero-order chi connectivity index (χ0) is 30.1. The van der Waals surface area contributed by atoms with Crippen molar-refractivity contribution >= 4 is 21.4 Å². The fourth-order valence-electron chi connectivity index (χ4n) is 5.98. The minimum Gasteiger partial charge on any atom is -0.330 e. The number of nitrogens with zero attached hydrogens (tertiary/aromatic N) is 4. The van der Waals surface area contributed by atoms with Crippen LogP contribution >= 0.6 is 0 Å². The Balaban J connectivity index is 1.48. The van der Waals surface area contributed by atoms with Crippen molar-refractivity contribution in [3.05, 3.63) is 64.9 Å². The Morgan fingerprint density at radius 1 is 1.10 bits per heavy atom. The average Bonchev–Trinajstić information content (AvgIpc) is 3.40. The van der Waals surface area contributed by atoms with Gasteiger partial charge in [0.2, 0.25) is 11.9 Å². The molecule has 0 saturated carbocycles. The van der Waals surface area contributed by atoms with Crippen LogP contribution in [-0.2, 0) is 20.0 Å². The van der Waals surface area contributed by atoms with Crippen molar-refractivity contribution in [2.75, 3.05) is 18.6 Å². The van der Waals surface area contributed by atoms with Gasteiger partial charge in [0.15, 0.2) is 11.7 Å². The summed E-state index contributed by atoms with van der Waals surface area (Å²) < 4.78 is 124. The zero-order valence-corrected chi connectivity index (χ0v) is 22.6. The summed E-state index contributed by atoms with van der Waals surface area (Å²) in [6.07, 6.45) is -9.09. The van der Waals surface area contributed by atoms with Gasteiger partial charge in [-0.2, -0.15) is 30.7 Å². The van der Waals surface area contributed by atoms with Crippen molar-refractivity contribution < 1.29 is 43.9 Å². The molecular weight excluding hydrogens is 581 g/mol. The molecule has 2 aliphatic rings. The van der Waals surface area contributed by atoms with Gasteiger partial charge in [-0.3, -0.25) is 4.79 Å². The molecular formula is C26H25F7N4O3S. The standard InChI is InChI=1S/C26H25F7N4O3S/c1-24(26(31,32)33)12-17(18-13-34-20-11-19(27)35-37(20)22(18)24)14-3-5-15(6-4-14)21(25(28,29)30)36(2)23(38)16-7-9-41(39,40)10-8-16/h3-6,11,13,16-17,21H,7-10,12H2,1-2H3/t17-,21-,24+/m1/s1. The number of amides is 1. The summed E-state index contributed by atoms with van der Waals surface area (Å²) in [5.74, 6) is -4.21. The molecule has 2 aromatic heterocycles. The molecule has 7 nitrogen and oxygen atoms in total. The number of carbonyl (C=O) groups is 1. The van der Waals surface area contributed by atoms with Crippen LogP contribution in [0.4, 0.5) is 30.7 Å². The van der Waals surface area contributed by atoms with Crippen LogP contribution in [0.5, 0.6) is 0 Å². The number of alkyl halides is 6. The number of carbonyl (C=O) groups excluding carboxylic acids is 1. The van der Waals surface area contributed by atoms with Gasteiger partial charge in [0.1, 0.15) is 15.3 Å². The molecule has 3 heterocycles. The topological polar surface area (TPSA) is 84.6 Å². The highest BCUT2D eigenvalue weighted by atomic mass is 32.2. The van der Waals surface area contributed by atoms with Gasteiger partial charge < -0.3 is 4.90 Å². The van der Waals surface area contributed by atoms with Gasteiger partial charge in [-0.15, -0.1) is 5.10 Å². The number of sulfone groups is 1. The number of halogens is 7. The monoisotopic (exact) mass is 606 g/mol. The first-order valence-corrected chi connectivity index (χ1v) is 14.5. The number of hydrogen-bond acceptors (Lipinski definition) is 5. The molecule has 3 aromatic rings. The fourth-order valence-corrected chi connectivity index (χ4v) is 7.47. The molecule has 15 heteroatoms. The molecule has 222 valence electrons. The summed E-state index contributed by atoms with van der Waals surface area (Å²) in [7, 11) is -2.33. The van der Waals surface area contributed by atoms with Gasteiger partial charge in [0.05, 0.1) is 17.2 Å². The third-order valence-corrected chi connectivity index (χ3v) is 9.94. The fraction of sp³-hybridized carbons (Fsp3) is 0.500. The molecule has 5 rings (SSSR count). The van der Waals surface area contributed by atoms with Crippen molar-refractivity contribution in [3.63, 3.8) is 0 Å².